The molecule has 2 aliphatic carbocycles. The molecule has 1 saturated carbocycles. The third kappa shape index (κ3) is 6.58. The van der Waals surface area contributed by atoms with Crippen molar-refractivity contribution in [2.24, 2.45) is 17.0 Å². The Bertz CT molecular complexity index is 1360. The minimum atomic E-state index is -3.99. The fourth-order valence-electron chi connectivity index (χ4n) is 4.37. The van der Waals surface area contributed by atoms with Gasteiger partial charge in [-0.3, -0.25) is 13.8 Å². The predicted molar refractivity (Wildman–Crippen MR) is 139 cm³/mol. The lowest BCUT2D eigenvalue weighted by Gasteiger charge is -2.15. The molecule has 0 aromatic carbocycles. The molecular formula is C23H24Cl2N4O5S2. The molecule has 0 amide bonds. The smallest absolute Gasteiger partial charge is 0.333 e. The lowest BCUT2D eigenvalue weighted by atomic mass is 9.93. The fraction of sp³-hybridized carbons (Fsp3) is 0.391. The fourth-order valence-corrected chi connectivity index (χ4v) is 6.33. The maximum Gasteiger partial charge on any atom is 0.333 e. The normalized spacial score (nSPS) is 22.2. The Labute approximate surface area is 223 Å². The van der Waals surface area contributed by atoms with E-state index in [-0.39, 0.29) is 56.4 Å². The number of ketones is 2. The van der Waals surface area contributed by atoms with E-state index in [4.69, 9.17) is 32.5 Å². The van der Waals surface area contributed by atoms with Gasteiger partial charge in [-0.1, -0.05) is 36.2 Å². The maximum atomic E-state index is 13.4. The van der Waals surface area contributed by atoms with Crippen LogP contribution in [0, 0.1) is 11.8 Å². The monoisotopic (exact) mass is 570 g/mol. The van der Waals surface area contributed by atoms with Crippen LogP contribution in [0.2, 0.25) is 4.34 Å². The number of aromatic nitrogens is 2. The number of thiophene rings is 1. The largest absolute Gasteiger partial charge is 0.367 e. The molecule has 0 saturated heterocycles. The second-order valence-electron chi connectivity index (χ2n) is 8.93. The van der Waals surface area contributed by atoms with Crippen molar-refractivity contribution in [1.82, 2.24) is 9.97 Å². The Hall–Kier alpha value is -2.15. The molecule has 9 nitrogen and oxygen atoms in total. The van der Waals surface area contributed by atoms with Crippen LogP contribution < -0.4 is 10.5 Å². The van der Waals surface area contributed by atoms with E-state index >= 15 is 0 Å². The van der Waals surface area contributed by atoms with E-state index in [1.54, 1.807) is 6.08 Å². The van der Waals surface area contributed by atoms with E-state index in [0.717, 1.165) is 24.2 Å². The van der Waals surface area contributed by atoms with Gasteiger partial charge < -0.3 is 5.32 Å². The summed E-state index contributed by atoms with van der Waals surface area (Å²) < 4.78 is 27.0. The van der Waals surface area contributed by atoms with Gasteiger partial charge in [0, 0.05) is 22.8 Å². The number of hydrogen-bond acceptors (Lipinski definition) is 9. The number of carbonyl (C=O) groups excluding carboxylic acids is 2. The number of hydrogen-bond donors (Lipinski definition) is 2. The average molecular weight is 572 g/mol. The van der Waals surface area contributed by atoms with Crippen LogP contribution >= 0.6 is 34.5 Å². The van der Waals surface area contributed by atoms with Crippen LogP contribution in [0.4, 0.5) is 5.82 Å². The SMILES string of the molecule is C[C@@H]1C=C(C(=O)c2cc(C(=O)c3cncnc3N[C@H]3CC[C@@H](COS(N)(=O)=O)C3)sc2Cl)C=C(Cl)C1. The Kier molecular flexibility index (Phi) is 8.28. The van der Waals surface area contributed by atoms with Crippen LogP contribution in [-0.4, -0.2) is 42.6 Å². The first kappa shape index (κ1) is 26.9. The number of anilines is 1. The van der Waals surface area contributed by atoms with Crippen LogP contribution in [0.5, 0.6) is 0 Å². The standard InChI is InChI=1S/C23H24Cl2N4O5S2/c1-12-4-14(7-15(24)5-12)20(30)17-8-19(35-22(17)25)21(31)18-9-27-11-28-23(18)29-16-3-2-13(6-16)10-34-36(26,32)33/h4,7-9,11-13,16H,2-3,5-6,10H2,1H3,(H2,26,32,33)(H,27,28,29)/t12-,13-,16+/m1/s1. The zero-order valence-electron chi connectivity index (χ0n) is 19.2. The first-order valence-electron chi connectivity index (χ1n) is 11.2. The summed E-state index contributed by atoms with van der Waals surface area (Å²) in [6, 6.07) is 1.45. The molecule has 0 aliphatic heterocycles. The molecule has 0 bridgehead atoms. The van der Waals surface area contributed by atoms with Crippen LogP contribution in [0.3, 0.4) is 0 Å². The van der Waals surface area contributed by atoms with E-state index in [2.05, 4.69) is 15.3 Å². The van der Waals surface area contributed by atoms with Gasteiger partial charge in [0.05, 0.1) is 22.6 Å². The van der Waals surface area contributed by atoms with Crippen molar-refractivity contribution >= 4 is 62.2 Å². The molecule has 36 heavy (non-hydrogen) atoms. The third-order valence-corrected chi connectivity index (χ3v) is 8.10. The Morgan fingerprint density at radius 1 is 1.25 bits per heavy atom. The van der Waals surface area contributed by atoms with Crippen molar-refractivity contribution in [2.75, 3.05) is 11.9 Å². The summed E-state index contributed by atoms with van der Waals surface area (Å²) >= 11 is 13.6. The van der Waals surface area contributed by atoms with E-state index < -0.39 is 10.3 Å². The molecule has 4 rings (SSSR count). The second kappa shape index (κ2) is 11.1. The number of rotatable bonds is 9. The summed E-state index contributed by atoms with van der Waals surface area (Å²) in [5.74, 6) is -0.177. The summed E-state index contributed by atoms with van der Waals surface area (Å²) in [5.41, 5.74) is 0.933. The minimum Gasteiger partial charge on any atom is -0.367 e. The predicted octanol–water partition coefficient (Wildman–Crippen LogP) is 4.49. The van der Waals surface area contributed by atoms with Crippen LogP contribution in [-0.2, 0) is 14.5 Å². The molecule has 192 valence electrons. The van der Waals surface area contributed by atoms with Crippen LogP contribution in [0.1, 0.15) is 58.2 Å². The molecule has 0 radical (unpaired) electrons. The molecule has 0 unspecified atom stereocenters. The van der Waals surface area contributed by atoms with Gasteiger partial charge in [-0.15, -0.1) is 11.3 Å². The van der Waals surface area contributed by atoms with Crippen molar-refractivity contribution < 1.29 is 22.2 Å². The molecular weight excluding hydrogens is 547 g/mol. The quantitative estimate of drug-likeness (QED) is 0.420. The first-order chi connectivity index (χ1) is 17.0. The molecule has 2 aliphatic rings. The molecule has 0 spiro atoms. The van der Waals surface area contributed by atoms with Gasteiger partial charge in [0.25, 0.3) is 0 Å². The van der Waals surface area contributed by atoms with E-state index in [0.29, 0.717) is 29.3 Å². The molecule has 3 N–H and O–H groups in total. The molecule has 2 heterocycles. The summed E-state index contributed by atoms with van der Waals surface area (Å²) in [6.07, 6.45) is 9.00. The summed E-state index contributed by atoms with van der Waals surface area (Å²) in [7, 11) is -3.99. The van der Waals surface area contributed by atoms with Gasteiger partial charge in [0.2, 0.25) is 5.78 Å². The van der Waals surface area contributed by atoms with E-state index in [9.17, 15) is 18.0 Å². The van der Waals surface area contributed by atoms with Crippen LogP contribution in [0.15, 0.2) is 41.3 Å². The second-order valence-corrected chi connectivity index (χ2v) is 12.3. The number of carbonyl (C=O) groups is 2. The zero-order chi connectivity index (χ0) is 26.0. The van der Waals surface area contributed by atoms with Crippen LogP contribution in [0.25, 0.3) is 0 Å². The van der Waals surface area contributed by atoms with Crippen molar-refractivity contribution in [1.29, 1.82) is 0 Å². The number of nitrogens with one attached hydrogen (secondary N) is 1. The molecule has 1 fully saturated rings. The number of halogens is 2. The number of allylic oxidation sites excluding steroid dienone is 4. The van der Waals surface area contributed by atoms with Gasteiger partial charge in [-0.2, -0.15) is 8.42 Å². The highest BCUT2D eigenvalue weighted by Crippen LogP contribution is 2.35. The lowest BCUT2D eigenvalue weighted by Crippen LogP contribution is -2.22. The highest BCUT2D eigenvalue weighted by molar-refractivity contribution is 7.84. The molecule has 13 heteroatoms. The Balaban J connectivity index is 1.49. The van der Waals surface area contributed by atoms with Gasteiger partial charge in [-0.05, 0) is 49.7 Å². The van der Waals surface area contributed by atoms with Gasteiger partial charge >= 0.3 is 10.3 Å². The zero-order valence-corrected chi connectivity index (χ0v) is 22.4. The topological polar surface area (TPSA) is 141 Å². The highest BCUT2D eigenvalue weighted by Gasteiger charge is 2.29. The van der Waals surface area contributed by atoms with E-state index in [1.807, 2.05) is 13.0 Å². The first-order valence-corrected chi connectivity index (χ1v) is 14.2. The number of nitrogens with two attached hydrogens (primary N) is 1. The third-order valence-electron chi connectivity index (χ3n) is 6.02. The Morgan fingerprint density at radius 2 is 2.03 bits per heavy atom. The van der Waals surface area contributed by atoms with Crippen molar-refractivity contribution in [3.63, 3.8) is 0 Å². The average Bonchev–Trinajstić information content (AvgIpc) is 3.42. The summed E-state index contributed by atoms with van der Waals surface area (Å²) in [6.45, 7) is 1.98. The molecule has 3 atom stereocenters. The minimum absolute atomic E-state index is 0.00542. The van der Waals surface area contributed by atoms with E-state index in [1.165, 1.54) is 18.6 Å². The van der Waals surface area contributed by atoms with Gasteiger partial charge in [0.15, 0.2) is 5.78 Å². The Morgan fingerprint density at radius 3 is 2.75 bits per heavy atom. The summed E-state index contributed by atoms with van der Waals surface area (Å²) in [5, 5.41) is 8.76. The number of Topliss-reactive ketones (excluding diaryl/α,β-unsaturated/α-hetero) is 1. The molecule has 2 aromatic rings. The number of nitrogens with zero attached hydrogens (tertiary/aromatic N) is 2. The van der Waals surface area contributed by atoms with Crippen molar-refractivity contribution in [3.8, 4) is 0 Å². The van der Waals surface area contributed by atoms with Gasteiger partial charge in [0.1, 0.15) is 16.5 Å². The van der Waals surface area contributed by atoms with Crippen molar-refractivity contribution in [3.05, 3.63) is 61.7 Å². The van der Waals surface area contributed by atoms with Crippen molar-refractivity contribution in [2.45, 2.75) is 38.6 Å². The maximum absolute atomic E-state index is 13.4. The van der Waals surface area contributed by atoms with Gasteiger partial charge in [-0.25, -0.2) is 15.1 Å². The summed E-state index contributed by atoms with van der Waals surface area (Å²) in [4.78, 5) is 34.9. The molecule has 2 aromatic heterocycles. The highest BCUT2D eigenvalue weighted by atomic mass is 35.5. The lowest BCUT2D eigenvalue weighted by molar-refractivity contribution is 0.103.